The second kappa shape index (κ2) is 7.83. The van der Waals surface area contributed by atoms with E-state index in [0.29, 0.717) is 5.65 Å². The number of amides is 1. The van der Waals surface area contributed by atoms with E-state index in [0.717, 1.165) is 27.6 Å². The molecule has 4 aromatic heterocycles. The normalized spacial score (nSPS) is 11.9. The lowest BCUT2D eigenvalue weighted by Gasteiger charge is -2.14. The van der Waals surface area contributed by atoms with Crippen LogP contribution in [0.4, 0.5) is 5.82 Å². The van der Waals surface area contributed by atoms with Gasteiger partial charge in [-0.05, 0) is 25.8 Å². The molecule has 0 unspecified atom stereocenters. The van der Waals surface area contributed by atoms with Gasteiger partial charge in [0.15, 0.2) is 16.4 Å². The number of aromatic nitrogens is 5. The fourth-order valence-corrected chi connectivity index (χ4v) is 4.55. The third-order valence-corrected chi connectivity index (χ3v) is 5.92. The lowest BCUT2D eigenvalue weighted by molar-refractivity contribution is 0.0941. The Kier molecular flexibility index (Phi) is 4.84. The Morgan fingerprint density at radius 2 is 2.06 bits per heavy atom. The monoisotopic (exact) mass is 441 g/mol. The van der Waals surface area contributed by atoms with Gasteiger partial charge in [-0.2, -0.15) is 0 Å². The van der Waals surface area contributed by atoms with Gasteiger partial charge in [-0.3, -0.25) is 9.20 Å². The molecule has 0 radical (unpaired) electrons. The van der Waals surface area contributed by atoms with Gasteiger partial charge < -0.3 is 11.1 Å². The maximum atomic E-state index is 13.2. The minimum Gasteiger partial charge on any atom is -0.381 e. The lowest BCUT2D eigenvalue weighted by Crippen LogP contribution is -2.28. The van der Waals surface area contributed by atoms with Crippen LogP contribution in [0, 0.1) is 11.8 Å². The quantitative estimate of drug-likeness (QED) is 0.415. The number of imidazole rings is 1. The molecule has 158 valence electrons. The van der Waals surface area contributed by atoms with Gasteiger partial charge in [0.05, 0.1) is 17.4 Å². The predicted molar refractivity (Wildman–Crippen MR) is 124 cm³/mol. The number of rotatable bonds is 4. The highest BCUT2D eigenvalue weighted by molar-refractivity contribution is 7.15. The van der Waals surface area contributed by atoms with Crippen LogP contribution in [0.15, 0.2) is 54.2 Å². The van der Waals surface area contributed by atoms with E-state index in [1.165, 1.54) is 15.9 Å². The number of anilines is 1. The first kappa shape index (κ1) is 19.8. The number of fused-ring (bicyclic) bond motifs is 2. The Bertz CT molecular complexity index is 1520. The van der Waals surface area contributed by atoms with Crippen LogP contribution in [0.25, 0.3) is 21.9 Å². The Labute approximate surface area is 187 Å². The molecule has 0 saturated heterocycles. The van der Waals surface area contributed by atoms with Crippen molar-refractivity contribution in [3.8, 4) is 23.1 Å². The van der Waals surface area contributed by atoms with Crippen LogP contribution in [0.2, 0.25) is 0 Å². The summed E-state index contributed by atoms with van der Waals surface area (Å²) in [7, 11) is 0. The molecule has 0 aliphatic heterocycles. The van der Waals surface area contributed by atoms with E-state index in [1.54, 1.807) is 25.4 Å². The van der Waals surface area contributed by atoms with E-state index in [-0.39, 0.29) is 17.3 Å². The standard InChI is InChI=1S/C23H19N7OS/c1-3-8-16-13-32-23-27-18(19(30(16)23)15-9-5-4-6-10-15)14(2)26-22(31)17-20(24)28-29-12-7-11-25-21(17)29/h4-7,9-14H,1-2H3,(H2,24,28)(H,26,31)/t14-/m1/s1. The van der Waals surface area contributed by atoms with Crippen LogP contribution in [0.3, 0.4) is 0 Å². The zero-order valence-electron chi connectivity index (χ0n) is 17.4. The number of carbonyl (C=O) groups excluding carboxylic acids is 1. The SMILES string of the molecule is CC#Cc1csc2nc([C@@H](C)NC(=O)c3c(N)nn4cccnc34)c(-c3ccccc3)n12. The second-order valence-electron chi connectivity index (χ2n) is 7.17. The molecule has 0 spiro atoms. The molecule has 4 heterocycles. The molecule has 0 aliphatic rings. The summed E-state index contributed by atoms with van der Waals surface area (Å²) in [5.41, 5.74) is 10.2. The topological polar surface area (TPSA) is 103 Å². The van der Waals surface area contributed by atoms with Crippen molar-refractivity contribution in [1.29, 1.82) is 0 Å². The van der Waals surface area contributed by atoms with E-state index >= 15 is 0 Å². The Balaban J connectivity index is 1.59. The number of nitrogens with two attached hydrogens (primary N) is 1. The summed E-state index contributed by atoms with van der Waals surface area (Å²) < 4.78 is 3.53. The first-order chi connectivity index (χ1) is 15.6. The lowest BCUT2D eigenvalue weighted by atomic mass is 10.1. The molecule has 5 rings (SSSR count). The molecule has 0 aliphatic carbocycles. The molecule has 5 aromatic rings. The third kappa shape index (κ3) is 3.18. The zero-order valence-corrected chi connectivity index (χ0v) is 18.2. The smallest absolute Gasteiger partial charge is 0.259 e. The third-order valence-electron chi connectivity index (χ3n) is 5.10. The van der Waals surface area contributed by atoms with Gasteiger partial charge >= 0.3 is 0 Å². The number of benzene rings is 1. The first-order valence-corrected chi connectivity index (χ1v) is 10.8. The molecular formula is C23H19N7OS. The average molecular weight is 442 g/mol. The van der Waals surface area contributed by atoms with Crippen LogP contribution in [-0.2, 0) is 0 Å². The van der Waals surface area contributed by atoms with Gasteiger partial charge in [0.25, 0.3) is 5.91 Å². The van der Waals surface area contributed by atoms with E-state index in [9.17, 15) is 4.79 Å². The predicted octanol–water partition coefficient (Wildman–Crippen LogP) is 3.55. The van der Waals surface area contributed by atoms with Crippen molar-refractivity contribution in [2.24, 2.45) is 0 Å². The largest absolute Gasteiger partial charge is 0.381 e. The van der Waals surface area contributed by atoms with E-state index in [4.69, 9.17) is 10.7 Å². The molecule has 1 aromatic carbocycles. The average Bonchev–Trinajstić information content (AvgIpc) is 3.46. The van der Waals surface area contributed by atoms with E-state index in [1.807, 2.05) is 47.0 Å². The van der Waals surface area contributed by atoms with Crippen molar-refractivity contribution >= 4 is 33.7 Å². The highest BCUT2D eigenvalue weighted by Crippen LogP contribution is 2.33. The Morgan fingerprint density at radius 1 is 1.25 bits per heavy atom. The summed E-state index contributed by atoms with van der Waals surface area (Å²) in [6.45, 7) is 3.71. The molecule has 32 heavy (non-hydrogen) atoms. The number of nitrogens with one attached hydrogen (secondary N) is 1. The van der Waals surface area contributed by atoms with Crippen LogP contribution < -0.4 is 11.1 Å². The summed E-state index contributed by atoms with van der Waals surface area (Å²) >= 11 is 1.52. The fourth-order valence-electron chi connectivity index (χ4n) is 3.73. The molecule has 1 atom stereocenters. The number of thiazole rings is 1. The van der Waals surface area contributed by atoms with Gasteiger partial charge in [0.2, 0.25) is 0 Å². The first-order valence-electron chi connectivity index (χ1n) is 9.96. The van der Waals surface area contributed by atoms with Gasteiger partial charge in [0.1, 0.15) is 11.3 Å². The minimum atomic E-state index is -0.398. The maximum absolute atomic E-state index is 13.2. The number of hydrogen-bond acceptors (Lipinski definition) is 6. The van der Waals surface area contributed by atoms with Crippen molar-refractivity contribution in [2.75, 3.05) is 5.73 Å². The van der Waals surface area contributed by atoms with Crippen molar-refractivity contribution in [3.05, 3.63) is 71.1 Å². The Morgan fingerprint density at radius 3 is 2.84 bits per heavy atom. The zero-order chi connectivity index (χ0) is 22.2. The van der Waals surface area contributed by atoms with Crippen molar-refractivity contribution < 1.29 is 4.79 Å². The highest BCUT2D eigenvalue weighted by atomic mass is 32.1. The van der Waals surface area contributed by atoms with Gasteiger partial charge in [-0.1, -0.05) is 36.3 Å². The molecule has 0 saturated carbocycles. The molecular weight excluding hydrogens is 422 g/mol. The number of nitrogens with zero attached hydrogens (tertiary/aromatic N) is 5. The summed E-state index contributed by atoms with van der Waals surface area (Å²) in [6, 6.07) is 11.3. The molecule has 8 nitrogen and oxygen atoms in total. The van der Waals surface area contributed by atoms with Gasteiger partial charge in [-0.15, -0.1) is 16.4 Å². The second-order valence-corrected chi connectivity index (χ2v) is 8.01. The number of carbonyl (C=O) groups is 1. The minimum absolute atomic E-state index is 0.128. The molecule has 0 fully saturated rings. The molecule has 3 N–H and O–H groups in total. The van der Waals surface area contributed by atoms with Gasteiger partial charge in [-0.25, -0.2) is 14.5 Å². The number of hydrogen-bond donors (Lipinski definition) is 2. The summed E-state index contributed by atoms with van der Waals surface area (Å²) in [5.74, 6) is 5.88. The summed E-state index contributed by atoms with van der Waals surface area (Å²) in [6.07, 6.45) is 3.30. The fraction of sp³-hybridized carbons (Fsp3) is 0.130. The molecule has 1 amide bonds. The number of nitrogen functional groups attached to an aromatic ring is 1. The van der Waals surface area contributed by atoms with Crippen LogP contribution >= 0.6 is 11.3 Å². The van der Waals surface area contributed by atoms with Crippen LogP contribution in [-0.4, -0.2) is 29.9 Å². The highest BCUT2D eigenvalue weighted by Gasteiger charge is 2.26. The van der Waals surface area contributed by atoms with Crippen molar-refractivity contribution in [1.82, 2.24) is 29.3 Å². The summed E-state index contributed by atoms with van der Waals surface area (Å²) in [5, 5.41) is 9.19. The van der Waals surface area contributed by atoms with Crippen molar-refractivity contribution in [2.45, 2.75) is 19.9 Å². The van der Waals surface area contributed by atoms with Crippen LogP contribution in [0.5, 0.6) is 0 Å². The van der Waals surface area contributed by atoms with Gasteiger partial charge in [0, 0.05) is 23.3 Å². The van der Waals surface area contributed by atoms with Crippen LogP contribution in [0.1, 0.15) is 41.6 Å². The molecule has 9 heteroatoms. The Hall–Kier alpha value is -4.16. The molecule has 0 bridgehead atoms. The van der Waals surface area contributed by atoms with E-state index < -0.39 is 6.04 Å². The van der Waals surface area contributed by atoms with E-state index in [2.05, 4.69) is 27.2 Å². The summed E-state index contributed by atoms with van der Waals surface area (Å²) in [4.78, 5) is 23.1. The van der Waals surface area contributed by atoms with Crippen molar-refractivity contribution in [3.63, 3.8) is 0 Å². The maximum Gasteiger partial charge on any atom is 0.259 e.